The van der Waals surface area contributed by atoms with Gasteiger partial charge >= 0.3 is 0 Å². The first-order chi connectivity index (χ1) is 5.75. The van der Waals surface area contributed by atoms with Crippen molar-refractivity contribution in [1.29, 1.82) is 0 Å². The van der Waals surface area contributed by atoms with Crippen LogP contribution in [0.3, 0.4) is 0 Å². The molecule has 6 heteroatoms. The highest BCUT2D eigenvalue weighted by Crippen LogP contribution is 2.30. The number of nitrogens with one attached hydrogen (secondary N) is 1. The molecule has 0 saturated heterocycles. The van der Waals surface area contributed by atoms with Gasteiger partial charge in [0.05, 0.1) is 0 Å². The monoisotopic (exact) mass is 218 g/mol. The Morgan fingerprint density at radius 3 is 2.83 bits per heavy atom. The van der Waals surface area contributed by atoms with Crippen molar-refractivity contribution in [3.05, 3.63) is 3.95 Å². The standard InChI is InChI=1S/C6H6N2OS3/c9-4(3-1-2-3)7-5-8-6(10)12-11-5/h3H,1-2H2,(H,7,8,9,10). The second kappa shape index (κ2) is 3.20. The van der Waals surface area contributed by atoms with Crippen LogP contribution in [-0.4, -0.2) is 10.9 Å². The normalized spacial score (nSPS) is 16.0. The number of anilines is 1. The Morgan fingerprint density at radius 2 is 2.33 bits per heavy atom. The lowest BCUT2D eigenvalue weighted by Gasteiger charge is -1.95. The van der Waals surface area contributed by atoms with E-state index in [0.29, 0.717) is 9.09 Å². The Labute approximate surface area is 81.8 Å². The molecule has 1 N–H and O–H groups in total. The highest BCUT2D eigenvalue weighted by atomic mass is 32.9. The number of hydrogen-bond acceptors (Lipinski definition) is 5. The van der Waals surface area contributed by atoms with Crippen molar-refractivity contribution in [2.24, 2.45) is 5.92 Å². The molecule has 0 aromatic carbocycles. The first kappa shape index (κ1) is 8.28. The second-order valence-electron chi connectivity index (χ2n) is 2.61. The zero-order valence-corrected chi connectivity index (χ0v) is 8.52. The Balaban J connectivity index is 2.02. The van der Waals surface area contributed by atoms with E-state index in [-0.39, 0.29) is 11.8 Å². The second-order valence-corrected chi connectivity index (χ2v) is 5.36. The van der Waals surface area contributed by atoms with Gasteiger partial charge in [0.1, 0.15) is 0 Å². The van der Waals surface area contributed by atoms with Crippen LogP contribution in [0.5, 0.6) is 0 Å². The molecule has 1 aliphatic carbocycles. The quantitative estimate of drug-likeness (QED) is 0.611. The van der Waals surface area contributed by atoms with Crippen molar-refractivity contribution in [3.63, 3.8) is 0 Å². The lowest BCUT2D eigenvalue weighted by atomic mass is 10.4. The van der Waals surface area contributed by atoms with Crippen LogP contribution in [0, 0.1) is 9.87 Å². The Morgan fingerprint density at radius 1 is 1.58 bits per heavy atom. The molecule has 0 aliphatic heterocycles. The van der Waals surface area contributed by atoms with E-state index in [4.69, 9.17) is 12.2 Å². The molecule has 1 amide bonds. The van der Waals surface area contributed by atoms with Gasteiger partial charge in [0.2, 0.25) is 11.0 Å². The number of aromatic nitrogens is 1. The van der Waals surface area contributed by atoms with Gasteiger partial charge in [-0.2, -0.15) is 4.98 Å². The number of rotatable bonds is 2. The highest BCUT2D eigenvalue weighted by molar-refractivity contribution is 7.79. The first-order valence-electron chi connectivity index (χ1n) is 3.54. The van der Waals surface area contributed by atoms with Gasteiger partial charge in [-0.25, -0.2) is 0 Å². The Kier molecular flexibility index (Phi) is 2.20. The molecule has 3 nitrogen and oxygen atoms in total. The zero-order valence-electron chi connectivity index (χ0n) is 6.07. The first-order valence-corrected chi connectivity index (χ1v) is 6.09. The maximum Gasteiger partial charge on any atom is 0.229 e. The fourth-order valence-electron chi connectivity index (χ4n) is 0.797. The highest BCUT2D eigenvalue weighted by Gasteiger charge is 2.29. The Hall–Kier alpha value is -0.330. The minimum Gasteiger partial charge on any atom is -0.301 e. The largest absolute Gasteiger partial charge is 0.301 e. The summed E-state index contributed by atoms with van der Waals surface area (Å²) in [6.45, 7) is 0. The predicted molar refractivity (Wildman–Crippen MR) is 52.2 cm³/mol. The zero-order chi connectivity index (χ0) is 8.55. The van der Waals surface area contributed by atoms with E-state index in [0.717, 1.165) is 12.8 Å². The van der Waals surface area contributed by atoms with Crippen LogP contribution >= 0.6 is 32.9 Å². The lowest BCUT2D eigenvalue weighted by molar-refractivity contribution is -0.117. The van der Waals surface area contributed by atoms with E-state index in [2.05, 4.69) is 10.3 Å². The average Bonchev–Trinajstić information content (AvgIpc) is 2.78. The van der Waals surface area contributed by atoms with Crippen LogP contribution in [0.1, 0.15) is 12.8 Å². The van der Waals surface area contributed by atoms with Crippen LogP contribution in [0.25, 0.3) is 0 Å². The number of carbonyl (C=O) groups is 1. The molecular formula is C6H6N2OS3. The Bertz CT molecular complexity index is 352. The summed E-state index contributed by atoms with van der Waals surface area (Å²) in [4.78, 5) is 15.2. The summed E-state index contributed by atoms with van der Waals surface area (Å²) in [6, 6.07) is 0. The maximum atomic E-state index is 11.2. The van der Waals surface area contributed by atoms with Gasteiger partial charge in [-0.1, -0.05) is 0 Å². The number of amides is 1. The number of carbonyl (C=O) groups excluding carboxylic acids is 1. The van der Waals surface area contributed by atoms with E-state index in [1.54, 1.807) is 0 Å². The summed E-state index contributed by atoms with van der Waals surface area (Å²) in [5, 5.41) is 3.38. The van der Waals surface area contributed by atoms with Gasteiger partial charge in [-0.15, -0.1) is 0 Å². The van der Waals surface area contributed by atoms with Gasteiger partial charge in [-0.3, -0.25) is 4.79 Å². The van der Waals surface area contributed by atoms with Gasteiger partial charge < -0.3 is 5.32 Å². The molecule has 64 valence electrons. The van der Waals surface area contributed by atoms with E-state index < -0.39 is 0 Å². The van der Waals surface area contributed by atoms with Crippen LogP contribution in [0.4, 0.5) is 5.13 Å². The molecule has 1 heterocycles. The molecule has 1 aromatic heterocycles. The van der Waals surface area contributed by atoms with Gasteiger partial charge in [0, 0.05) is 5.92 Å². The molecule has 0 atom stereocenters. The summed E-state index contributed by atoms with van der Waals surface area (Å²) < 4.78 is 0.589. The lowest BCUT2D eigenvalue weighted by Crippen LogP contribution is -2.12. The van der Waals surface area contributed by atoms with Crippen molar-refractivity contribution in [2.45, 2.75) is 12.8 Å². The molecule has 0 spiro atoms. The molecule has 1 saturated carbocycles. The molecule has 0 radical (unpaired) electrons. The van der Waals surface area contributed by atoms with Crippen molar-refractivity contribution in [3.8, 4) is 0 Å². The van der Waals surface area contributed by atoms with Crippen LogP contribution in [0.15, 0.2) is 0 Å². The third-order valence-electron chi connectivity index (χ3n) is 1.56. The molecular weight excluding hydrogens is 212 g/mol. The summed E-state index contributed by atoms with van der Waals surface area (Å²) in [5.74, 6) is 0.319. The van der Waals surface area contributed by atoms with Crippen molar-refractivity contribution < 1.29 is 4.79 Å². The predicted octanol–water partition coefficient (Wildman–Crippen LogP) is 2.28. The smallest absolute Gasteiger partial charge is 0.229 e. The van der Waals surface area contributed by atoms with E-state index in [9.17, 15) is 4.79 Å². The van der Waals surface area contributed by atoms with E-state index >= 15 is 0 Å². The van der Waals surface area contributed by atoms with Gasteiger partial charge in [-0.05, 0) is 45.7 Å². The number of nitrogens with zero attached hydrogens (tertiary/aromatic N) is 1. The fourth-order valence-corrected chi connectivity index (χ4v) is 2.66. The SMILES string of the molecule is O=C(Nc1nc(=S)ss1)C1CC1. The van der Waals surface area contributed by atoms with E-state index in [1.165, 1.54) is 20.7 Å². The third kappa shape index (κ3) is 1.88. The molecule has 1 aromatic rings. The van der Waals surface area contributed by atoms with Crippen LogP contribution in [0.2, 0.25) is 0 Å². The topological polar surface area (TPSA) is 42.0 Å². The van der Waals surface area contributed by atoms with E-state index in [1.807, 2.05) is 0 Å². The molecule has 0 unspecified atom stereocenters. The van der Waals surface area contributed by atoms with Crippen molar-refractivity contribution in [1.82, 2.24) is 4.98 Å². The van der Waals surface area contributed by atoms with Crippen molar-refractivity contribution >= 4 is 43.9 Å². The average molecular weight is 218 g/mol. The summed E-state index contributed by atoms with van der Waals surface area (Å²) in [7, 11) is 2.83. The van der Waals surface area contributed by atoms with Crippen molar-refractivity contribution in [2.75, 3.05) is 5.32 Å². The molecule has 1 aliphatic rings. The van der Waals surface area contributed by atoms with Crippen LogP contribution in [-0.2, 0) is 4.79 Å². The van der Waals surface area contributed by atoms with Gasteiger partial charge in [0.25, 0.3) is 0 Å². The molecule has 2 rings (SSSR count). The number of hydrogen-bond donors (Lipinski definition) is 1. The minimum absolute atomic E-state index is 0.0894. The summed E-state index contributed by atoms with van der Waals surface area (Å²) in [5.41, 5.74) is 0. The fraction of sp³-hybridized carbons (Fsp3) is 0.500. The molecule has 12 heavy (non-hydrogen) atoms. The minimum atomic E-state index is 0.0894. The third-order valence-corrected chi connectivity index (χ3v) is 4.09. The summed E-state index contributed by atoms with van der Waals surface area (Å²) >= 11 is 4.83. The van der Waals surface area contributed by atoms with Crippen LogP contribution < -0.4 is 5.32 Å². The molecule has 0 bridgehead atoms. The van der Waals surface area contributed by atoms with Gasteiger partial charge in [0.15, 0.2) is 3.95 Å². The molecule has 1 fully saturated rings. The summed E-state index contributed by atoms with van der Waals surface area (Å²) in [6.07, 6.45) is 2.03. The maximum absolute atomic E-state index is 11.2.